The van der Waals surface area contributed by atoms with Crippen molar-refractivity contribution in [3.8, 4) is 0 Å². The molecule has 2 aromatic rings. The predicted octanol–water partition coefficient (Wildman–Crippen LogP) is 2.19. The third-order valence-corrected chi connectivity index (χ3v) is 4.42. The van der Waals surface area contributed by atoms with Crippen LogP contribution in [-0.2, 0) is 9.59 Å². The molecular weight excluding hydrogens is 312 g/mol. The molecule has 23 heavy (non-hydrogen) atoms. The van der Waals surface area contributed by atoms with Crippen LogP contribution in [0.4, 0.5) is 11.6 Å². The van der Waals surface area contributed by atoms with Crippen LogP contribution >= 0.6 is 11.8 Å². The Morgan fingerprint density at radius 1 is 1.26 bits per heavy atom. The van der Waals surface area contributed by atoms with Gasteiger partial charge in [0.2, 0.25) is 17.8 Å². The number of benzene rings is 1. The second-order valence-electron chi connectivity index (χ2n) is 5.17. The number of carbonyl (C=O) groups is 2. The molecule has 1 N–H and O–H groups in total. The lowest BCUT2D eigenvalue weighted by Gasteiger charge is -2.16. The molecule has 0 saturated carbocycles. The molecule has 0 radical (unpaired) electrons. The SMILES string of the molecule is CSc1ccc(N2CC(C(=O)Nc3ncccn3)CC2=O)cc1. The van der Waals surface area contributed by atoms with E-state index in [0.717, 1.165) is 10.6 Å². The topological polar surface area (TPSA) is 75.2 Å². The Kier molecular flexibility index (Phi) is 4.57. The van der Waals surface area contributed by atoms with Crippen molar-refractivity contribution in [1.82, 2.24) is 9.97 Å². The van der Waals surface area contributed by atoms with Crippen molar-refractivity contribution in [3.63, 3.8) is 0 Å². The second kappa shape index (κ2) is 6.78. The molecule has 6 nitrogen and oxygen atoms in total. The van der Waals surface area contributed by atoms with Crippen molar-refractivity contribution in [1.29, 1.82) is 0 Å². The molecular formula is C16H16N4O2S. The molecule has 0 bridgehead atoms. The lowest BCUT2D eigenvalue weighted by molar-refractivity contribution is -0.122. The largest absolute Gasteiger partial charge is 0.312 e. The summed E-state index contributed by atoms with van der Waals surface area (Å²) in [6.07, 6.45) is 5.31. The van der Waals surface area contributed by atoms with E-state index in [1.165, 1.54) is 0 Å². The van der Waals surface area contributed by atoms with Crippen LogP contribution in [0.15, 0.2) is 47.6 Å². The first-order valence-electron chi connectivity index (χ1n) is 7.19. The van der Waals surface area contributed by atoms with Crippen LogP contribution in [0.25, 0.3) is 0 Å². The number of hydrogen-bond donors (Lipinski definition) is 1. The Bertz CT molecular complexity index is 706. The van der Waals surface area contributed by atoms with Gasteiger partial charge in [0.1, 0.15) is 0 Å². The minimum atomic E-state index is -0.397. The summed E-state index contributed by atoms with van der Waals surface area (Å²) in [6.45, 7) is 0.371. The molecule has 2 amide bonds. The van der Waals surface area contributed by atoms with E-state index in [9.17, 15) is 9.59 Å². The van der Waals surface area contributed by atoms with Gasteiger partial charge in [-0.05, 0) is 36.6 Å². The summed E-state index contributed by atoms with van der Waals surface area (Å²) in [4.78, 5) is 35.2. The van der Waals surface area contributed by atoms with Crippen LogP contribution in [0.1, 0.15) is 6.42 Å². The molecule has 1 atom stereocenters. The van der Waals surface area contributed by atoms with Crippen molar-refractivity contribution >= 4 is 35.2 Å². The van der Waals surface area contributed by atoms with Crippen LogP contribution in [0.2, 0.25) is 0 Å². The summed E-state index contributed by atoms with van der Waals surface area (Å²) in [5.74, 6) is -0.414. The molecule has 0 aliphatic carbocycles. The second-order valence-corrected chi connectivity index (χ2v) is 6.04. The van der Waals surface area contributed by atoms with E-state index in [1.807, 2.05) is 30.5 Å². The fourth-order valence-corrected chi connectivity index (χ4v) is 2.88. The van der Waals surface area contributed by atoms with Crippen molar-refractivity contribution in [2.45, 2.75) is 11.3 Å². The van der Waals surface area contributed by atoms with Gasteiger partial charge in [-0.15, -0.1) is 11.8 Å². The first kappa shape index (κ1) is 15.5. The number of hydrogen-bond acceptors (Lipinski definition) is 5. The van der Waals surface area contributed by atoms with E-state index in [0.29, 0.717) is 6.54 Å². The zero-order valence-electron chi connectivity index (χ0n) is 12.6. The predicted molar refractivity (Wildman–Crippen MR) is 89.3 cm³/mol. The molecule has 1 fully saturated rings. The molecule has 1 aliphatic rings. The zero-order valence-corrected chi connectivity index (χ0v) is 13.4. The summed E-state index contributed by atoms with van der Waals surface area (Å²) in [6, 6.07) is 9.43. The number of rotatable bonds is 4. The van der Waals surface area contributed by atoms with E-state index >= 15 is 0 Å². The van der Waals surface area contributed by atoms with Gasteiger partial charge in [0.15, 0.2) is 0 Å². The molecule has 1 saturated heterocycles. The van der Waals surface area contributed by atoms with Gasteiger partial charge >= 0.3 is 0 Å². The third-order valence-electron chi connectivity index (χ3n) is 3.68. The lowest BCUT2D eigenvalue weighted by atomic mass is 10.1. The van der Waals surface area contributed by atoms with Gasteiger partial charge < -0.3 is 4.90 Å². The van der Waals surface area contributed by atoms with Crippen LogP contribution in [0.5, 0.6) is 0 Å². The van der Waals surface area contributed by atoms with Crippen molar-refractivity contribution in [3.05, 3.63) is 42.7 Å². The Hall–Kier alpha value is -2.41. The Labute approximate surface area is 138 Å². The van der Waals surface area contributed by atoms with E-state index in [2.05, 4.69) is 15.3 Å². The molecule has 3 rings (SSSR count). The van der Waals surface area contributed by atoms with Gasteiger partial charge in [0, 0.05) is 35.9 Å². The molecule has 1 aliphatic heterocycles. The van der Waals surface area contributed by atoms with E-state index in [1.54, 1.807) is 35.1 Å². The number of thioether (sulfide) groups is 1. The molecule has 7 heteroatoms. The van der Waals surface area contributed by atoms with E-state index < -0.39 is 5.92 Å². The van der Waals surface area contributed by atoms with Crippen LogP contribution in [0, 0.1) is 5.92 Å². The average Bonchev–Trinajstić information content (AvgIpc) is 2.98. The van der Waals surface area contributed by atoms with Gasteiger partial charge in [-0.3, -0.25) is 14.9 Å². The Balaban J connectivity index is 1.67. The number of nitrogens with zero attached hydrogens (tertiary/aromatic N) is 3. The van der Waals surface area contributed by atoms with Gasteiger partial charge in [0.25, 0.3) is 0 Å². The first-order valence-corrected chi connectivity index (χ1v) is 8.42. The smallest absolute Gasteiger partial charge is 0.232 e. The zero-order chi connectivity index (χ0) is 16.2. The van der Waals surface area contributed by atoms with E-state index in [-0.39, 0.29) is 24.2 Å². The minimum Gasteiger partial charge on any atom is -0.312 e. The number of anilines is 2. The third kappa shape index (κ3) is 3.50. The molecule has 1 unspecified atom stereocenters. The number of nitrogens with one attached hydrogen (secondary N) is 1. The van der Waals surface area contributed by atoms with Gasteiger partial charge in [-0.25, -0.2) is 9.97 Å². The number of aromatic nitrogens is 2. The lowest BCUT2D eigenvalue weighted by Crippen LogP contribution is -2.28. The minimum absolute atomic E-state index is 0.0453. The van der Waals surface area contributed by atoms with Crippen molar-refractivity contribution in [2.24, 2.45) is 5.92 Å². The van der Waals surface area contributed by atoms with Gasteiger partial charge in [-0.1, -0.05) is 0 Å². The monoisotopic (exact) mass is 328 g/mol. The highest BCUT2D eigenvalue weighted by molar-refractivity contribution is 7.98. The number of amides is 2. The van der Waals surface area contributed by atoms with Gasteiger partial charge in [0.05, 0.1) is 5.92 Å². The highest BCUT2D eigenvalue weighted by atomic mass is 32.2. The Morgan fingerprint density at radius 3 is 2.61 bits per heavy atom. The summed E-state index contributed by atoms with van der Waals surface area (Å²) < 4.78 is 0. The van der Waals surface area contributed by atoms with E-state index in [4.69, 9.17) is 0 Å². The average molecular weight is 328 g/mol. The van der Waals surface area contributed by atoms with Crippen molar-refractivity contribution in [2.75, 3.05) is 23.0 Å². The first-order chi connectivity index (χ1) is 11.2. The fourth-order valence-electron chi connectivity index (χ4n) is 2.47. The summed E-state index contributed by atoms with van der Waals surface area (Å²) >= 11 is 1.65. The molecule has 118 valence electrons. The molecule has 0 spiro atoms. The summed E-state index contributed by atoms with van der Waals surface area (Å²) in [5, 5.41) is 2.65. The maximum Gasteiger partial charge on any atom is 0.232 e. The number of carbonyl (C=O) groups excluding carboxylic acids is 2. The fraction of sp³-hybridized carbons (Fsp3) is 0.250. The molecule has 1 aromatic heterocycles. The van der Waals surface area contributed by atoms with Crippen LogP contribution < -0.4 is 10.2 Å². The molecule has 2 heterocycles. The van der Waals surface area contributed by atoms with Gasteiger partial charge in [-0.2, -0.15) is 0 Å². The normalized spacial score (nSPS) is 17.3. The quantitative estimate of drug-likeness (QED) is 0.871. The summed E-state index contributed by atoms with van der Waals surface area (Å²) in [7, 11) is 0. The molecule has 1 aromatic carbocycles. The van der Waals surface area contributed by atoms with Crippen molar-refractivity contribution < 1.29 is 9.59 Å². The maximum atomic E-state index is 12.3. The Morgan fingerprint density at radius 2 is 1.96 bits per heavy atom. The highest BCUT2D eigenvalue weighted by Gasteiger charge is 2.35. The maximum absolute atomic E-state index is 12.3. The summed E-state index contributed by atoms with van der Waals surface area (Å²) in [5.41, 5.74) is 0.819. The van der Waals surface area contributed by atoms with Crippen LogP contribution in [0.3, 0.4) is 0 Å². The highest BCUT2D eigenvalue weighted by Crippen LogP contribution is 2.27. The van der Waals surface area contributed by atoms with Crippen LogP contribution in [-0.4, -0.2) is 34.6 Å². The standard InChI is InChI=1S/C16H16N4O2S/c1-23-13-5-3-12(4-6-13)20-10-11(9-14(20)21)15(22)19-16-17-7-2-8-18-16/h2-8,11H,9-10H2,1H3,(H,17,18,19,22).